The molecule has 0 aliphatic heterocycles. The summed E-state index contributed by atoms with van der Waals surface area (Å²) >= 11 is 0. The first kappa shape index (κ1) is 20.2. The van der Waals surface area contributed by atoms with Gasteiger partial charge in [-0.1, -0.05) is 12.1 Å². The van der Waals surface area contributed by atoms with Crippen molar-refractivity contribution in [1.82, 2.24) is 14.9 Å². The van der Waals surface area contributed by atoms with Crippen LogP contribution in [-0.4, -0.2) is 16.1 Å². The first-order chi connectivity index (χ1) is 10.8. The maximum Gasteiger partial charge on any atom is 0.137 e. The third-order valence-corrected chi connectivity index (χ3v) is 3.43. The molecule has 0 unspecified atom stereocenters. The van der Waals surface area contributed by atoms with Crippen LogP contribution in [-0.2, 0) is 13.1 Å². The Labute approximate surface area is 152 Å². The van der Waals surface area contributed by atoms with E-state index < -0.39 is 0 Å². The number of hydrogen-bond acceptors (Lipinski definition) is 3. The Morgan fingerprint density at radius 3 is 2.71 bits per heavy atom. The lowest BCUT2D eigenvalue weighted by Gasteiger charge is -2.04. The molecule has 2 aromatic heterocycles. The van der Waals surface area contributed by atoms with Crippen LogP contribution >= 0.6 is 0 Å². The molecule has 0 amide bonds. The zero-order chi connectivity index (χ0) is 15.2. The van der Waals surface area contributed by atoms with E-state index in [1.165, 1.54) is 6.07 Å². The van der Waals surface area contributed by atoms with Gasteiger partial charge in [0.15, 0.2) is 0 Å². The van der Waals surface area contributed by atoms with Crippen LogP contribution in [0.5, 0.6) is 0 Å². The lowest BCUT2D eigenvalue weighted by Crippen LogP contribution is -3.00. The Morgan fingerprint density at radius 1 is 1.12 bits per heavy atom. The molecule has 2 heterocycles. The van der Waals surface area contributed by atoms with Gasteiger partial charge in [-0.25, -0.2) is 9.37 Å². The average Bonchev–Trinajstić information content (AvgIpc) is 3.19. The zero-order valence-electron chi connectivity index (χ0n) is 13.0. The van der Waals surface area contributed by atoms with E-state index in [1.54, 1.807) is 30.5 Å². The number of furan rings is 1. The molecular formula is C17H18Cl2FN3O-2. The highest BCUT2D eigenvalue weighted by molar-refractivity contribution is 5.58. The van der Waals surface area contributed by atoms with Crippen LogP contribution in [0.15, 0.2) is 59.5 Å². The number of halogens is 3. The summed E-state index contributed by atoms with van der Waals surface area (Å²) in [6.45, 7) is 2.46. The minimum Gasteiger partial charge on any atom is -1.00 e. The van der Waals surface area contributed by atoms with Crippen molar-refractivity contribution in [3.8, 4) is 11.3 Å². The third-order valence-electron chi connectivity index (χ3n) is 3.43. The smallest absolute Gasteiger partial charge is 0.137 e. The summed E-state index contributed by atoms with van der Waals surface area (Å²) in [5.41, 5.74) is 0.494. The molecule has 1 N–H and O–H groups in total. The molecule has 0 aliphatic carbocycles. The van der Waals surface area contributed by atoms with Crippen LogP contribution in [0.2, 0.25) is 0 Å². The molecule has 24 heavy (non-hydrogen) atoms. The highest BCUT2D eigenvalue weighted by atomic mass is 35.5. The molecule has 3 aromatic rings. The fourth-order valence-corrected chi connectivity index (χ4v) is 2.30. The van der Waals surface area contributed by atoms with Crippen LogP contribution in [0.3, 0.4) is 0 Å². The molecule has 0 saturated carbocycles. The van der Waals surface area contributed by atoms with Crippen molar-refractivity contribution in [2.45, 2.75) is 19.5 Å². The van der Waals surface area contributed by atoms with E-state index in [-0.39, 0.29) is 30.6 Å². The number of hydrogen-bond donors (Lipinski definition) is 1. The molecule has 7 heteroatoms. The molecule has 3 rings (SSSR count). The molecule has 1 aromatic carbocycles. The van der Waals surface area contributed by atoms with Gasteiger partial charge < -0.3 is 39.1 Å². The quantitative estimate of drug-likeness (QED) is 0.467. The maximum atomic E-state index is 13.7. The molecule has 130 valence electrons. The van der Waals surface area contributed by atoms with E-state index >= 15 is 0 Å². The predicted octanol–water partition coefficient (Wildman–Crippen LogP) is -2.53. The van der Waals surface area contributed by atoms with Gasteiger partial charge in [0.2, 0.25) is 0 Å². The van der Waals surface area contributed by atoms with Crippen molar-refractivity contribution in [2.24, 2.45) is 0 Å². The van der Waals surface area contributed by atoms with E-state index in [1.807, 2.05) is 23.2 Å². The molecule has 0 bridgehead atoms. The first-order valence-corrected chi connectivity index (χ1v) is 7.33. The second-order valence-electron chi connectivity index (χ2n) is 5.08. The fraction of sp³-hybridized carbons (Fsp3) is 0.235. The Bertz CT molecular complexity index is 716. The zero-order valence-corrected chi connectivity index (χ0v) is 14.5. The van der Waals surface area contributed by atoms with Gasteiger partial charge in [-0.3, -0.25) is 0 Å². The van der Waals surface area contributed by atoms with Gasteiger partial charge in [0.1, 0.15) is 17.3 Å². The number of imidazole rings is 1. The van der Waals surface area contributed by atoms with E-state index in [9.17, 15) is 4.39 Å². The molecule has 0 fully saturated rings. The summed E-state index contributed by atoms with van der Waals surface area (Å²) in [5, 5.41) is 3.32. The van der Waals surface area contributed by atoms with Crippen molar-refractivity contribution in [2.75, 3.05) is 6.54 Å². The van der Waals surface area contributed by atoms with Crippen LogP contribution in [0.1, 0.15) is 12.2 Å². The molecule has 0 spiro atoms. The second-order valence-corrected chi connectivity index (χ2v) is 5.08. The van der Waals surface area contributed by atoms with Crippen LogP contribution in [0.4, 0.5) is 4.39 Å². The minimum absolute atomic E-state index is 0. The van der Waals surface area contributed by atoms with Gasteiger partial charge in [0.05, 0.1) is 18.4 Å². The number of rotatable bonds is 7. The Kier molecular flexibility index (Phi) is 8.54. The second kappa shape index (κ2) is 10.1. The largest absolute Gasteiger partial charge is 1.00 e. The van der Waals surface area contributed by atoms with Crippen LogP contribution < -0.4 is 30.1 Å². The van der Waals surface area contributed by atoms with E-state index in [0.717, 1.165) is 25.3 Å². The number of aryl methyl sites for hydroxylation is 1. The van der Waals surface area contributed by atoms with E-state index in [4.69, 9.17) is 4.42 Å². The summed E-state index contributed by atoms with van der Waals surface area (Å²) in [6, 6.07) is 10.3. The number of nitrogens with one attached hydrogen (secondary N) is 1. The molecule has 0 atom stereocenters. The summed E-state index contributed by atoms with van der Waals surface area (Å²) in [6.07, 6.45) is 6.55. The van der Waals surface area contributed by atoms with Crippen molar-refractivity contribution in [3.63, 3.8) is 0 Å². The lowest BCUT2D eigenvalue weighted by molar-refractivity contribution is -0.00100. The van der Waals surface area contributed by atoms with Gasteiger partial charge >= 0.3 is 0 Å². The van der Waals surface area contributed by atoms with Crippen molar-refractivity contribution >= 4 is 0 Å². The summed E-state index contributed by atoms with van der Waals surface area (Å²) in [7, 11) is 0. The number of benzene rings is 1. The minimum atomic E-state index is -0.267. The van der Waals surface area contributed by atoms with Crippen LogP contribution in [0, 0.1) is 5.82 Å². The Balaban J connectivity index is 0.00000144. The molecular weight excluding hydrogens is 352 g/mol. The third kappa shape index (κ3) is 5.37. The van der Waals surface area contributed by atoms with Crippen molar-refractivity contribution in [1.29, 1.82) is 0 Å². The molecule has 0 radical (unpaired) electrons. The lowest BCUT2D eigenvalue weighted by atomic mass is 10.1. The average molecular weight is 370 g/mol. The SMILES string of the molecule is Fc1ccccc1-c1ccc(CNCCCn2ccnc2)o1.[Cl-].[Cl-]. The number of nitrogens with zero attached hydrogens (tertiary/aromatic N) is 2. The fourth-order valence-electron chi connectivity index (χ4n) is 2.30. The van der Waals surface area contributed by atoms with Crippen molar-refractivity contribution in [3.05, 3.63) is 66.7 Å². The molecule has 0 saturated heterocycles. The van der Waals surface area contributed by atoms with Gasteiger partial charge in [-0.15, -0.1) is 0 Å². The van der Waals surface area contributed by atoms with Crippen molar-refractivity contribution < 1.29 is 33.6 Å². The summed E-state index contributed by atoms with van der Waals surface area (Å²) in [5.74, 6) is 1.10. The predicted molar refractivity (Wildman–Crippen MR) is 82.7 cm³/mol. The Hall–Kier alpha value is -1.82. The summed E-state index contributed by atoms with van der Waals surface area (Å²) < 4.78 is 21.4. The normalized spacial score (nSPS) is 10.0. The highest BCUT2D eigenvalue weighted by Crippen LogP contribution is 2.24. The maximum absolute atomic E-state index is 13.7. The standard InChI is InChI=1S/C17H18FN3O.2ClH/c18-16-5-2-1-4-15(16)17-7-6-14(22-17)12-19-8-3-10-21-11-9-20-13-21;;/h1-2,4-7,9,11,13,19H,3,8,10,12H2;2*1H/p-2. The summed E-state index contributed by atoms with van der Waals surface area (Å²) in [4.78, 5) is 4.00. The topological polar surface area (TPSA) is 43.0 Å². The number of aromatic nitrogens is 2. The van der Waals surface area contributed by atoms with Gasteiger partial charge in [0, 0.05) is 18.9 Å². The van der Waals surface area contributed by atoms with E-state index in [0.29, 0.717) is 17.9 Å². The molecule has 0 aliphatic rings. The Morgan fingerprint density at radius 2 is 1.96 bits per heavy atom. The van der Waals surface area contributed by atoms with Gasteiger partial charge in [-0.2, -0.15) is 0 Å². The van der Waals surface area contributed by atoms with E-state index in [2.05, 4.69) is 10.3 Å². The molecule has 4 nitrogen and oxygen atoms in total. The van der Waals surface area contributed by atoms with Crippen LogP contribution in [0.25, 0.3) is 11.3 Å². The highest BCUT2D eigenvalue weighted by Gasteiger charge is 2.08. The van der Waals surface area contributed by atoms with Gasteiger partial charge in [0.25, 0.3) is 0 Å². The monoisotopic (exact) mass is 369 g/mol. The first-order valence-electron chi connectivity index (χ1n) is 7.33. The van der Waals surface area contributed by atoms with Gasteiger partial charge in [-0.05, 0) is 37.2 Å².